The molecule has 0 fully saturated rings. The Morgan fingerprint density at radius 3 is 2.31 bits per heavy atom. The molecule has 3 nitrogen and oxygen atoms in total. The van der Waals surface area contributed by atoms with Crippen molar-refractivity contribution < 1.29 is 26.7 Å². The van der Waals surface area contributed by atoms with Crippen LogP contribution in [0.5, 0.6) is 5.88 Å². The molecule has 0 unspecified atom stereocenters. The van der Waals surface area contributed by atoms with E-state index >= 15 is 0 Å². The maximum Gasteiger partial charge on any atom is 0.419 e. The Labute approximate surface area is 87.0 Å². The van der Waals surface area contributed by atoms with Crippen LogP contribution in [0.1, 0.15) is 17.6 Å². The van der Waals surface area contributed by atoms with E-state index in [0.717, 1.165) is 7.11 Å². The second-order valence-corrected chi connectivity index (χ2v) is 2.81. The summed E-state index contributed by atoms with van der Waals surface area (Å²) < 4.78 is 66.8. The fraction of sp³-hybridized carbons (Fsp3) is 0.375. The Bertz CT molecular complexity index is 391. The lowest BCUT2D eigenvalue weighted by Gasteiger charge is -2.16. The topological polar surface area (TPSA) is 48.1 Å². The van der Waals surface area contributed by atoms with Gasteiger partial charge in [-0.2, -0.15) is 13.2 Å². The molecule has 0 aliphatic heterocycles. The van der Waals surface area contributed by atoms with E-state index in [9.17, 15) is 22.0 Å². The molecule has 1 aromatic heterocycles. The van der Waals surface area contributed by atoms with Gasteiger partial charge in [0, 0.05) is 0 Å². The fourth-order valence-corrected chi connectivity index (χ4v) is 1.21. The minimum absolute atomic E-state index is 0.632. The third kappa shape index (κ3) is 2.15. The zero-order valence-corrected chi connectivity index (χ0v) is 7.98. The number of pyridine rings is 1. The molecule has 0 aliphatic rings. The summed E-state index contributed by atoms with van der Waals surface area (Å²) in [6, 6.07) is 0. The Morgan fingerprint density at radius 1 is 1.38 bits per heavy atom. The molecule has 2 N–H and O–H groups in total. The lowest BCUT2D eigenvalue weighted by molar-refractivity contribution is -0.139. The summed E-state index contributed by atoms with van der Waals surface area (Å²) in [4.78, 5) is 3.26. The number of hydrogen-bond acceptors (Lipinski definition) is 3. The van der Waals surface area contributed by atoms with Gasteiger partial charge >= 0.3 is 6.18 Å². The molecule has 16 heavy (non-hydrogen) atoms. The van der Waals surface area contributed by atoms with E-state index in [-0.39, 0.29) is 0 Å². The van der Waals surface area contributed by atoms with Crippen LogP contribution < -0.4 is 10.5 Å². The largest absolute Gasteiger partial charge is 0.481 e. The van der Waals surface area contributed by atoms with Crippen LogP contribution in [-0.4, -0.2) is 12.1 Å². The van der Waals surface area contributed by atoms with Gasteiger partial charge in [-0.25, -0.2) is 13.8 Å². The van der Waals surface area contributed by atoms with Gasteiger partial charge in [0.2, 0.25) is 5.88 Å². The number of aromatic nitrogens is 1. The average Bonchev–Trinajstić information content (AvgIpc) is 2.15. The van der Waals surface area contributed by atoms with Crippen LogP contribution in [0.15, 0.2) is 6.20 Å². The van der Waals surface area contributed by atoms with Crippen molar-refractivity contribution in [1.82, 2.24) is 4.98 Å². The number of halogens is 5. The molecule has 0 amide bonds. The summed E-state index contributed by atoms with van der Waals surface area (Å²) in [5.41, 5.74) is 1.20. The second-order valence-electron chi connectivity index (χ2n) is 2.81. The van der Waals surface area contributed by atoms with E-state index in [0.29, 0.717) is 6.20 Å². The first-order valence-corrected chi connectivity index (χ1v) is 3.96. The van der Waals surface area contributed by atoms with Gasteiger partial charge < -0.3 is 10.5 Å². The lowest BCUT2D eigenvalue weighted by atomic mass is 10.1. The van der Waals surface area contributed by atoms with Gasteiger partial charge in [-0.05, 0) is 0 Å². The fourth-order valence-electron chi connectivity index (χ4n) is 1.21. The molecule has 0 atom stereocenters. The highest BCUT2D eigenvalue weighted by Gasteiger charge is 2.40. The Morgan fingerprint density at radius 2 is 1.94 bits per heavy atom. The van der Waals surface area contributed by atoms with Crippen LogP contribution in [0.3, 0.4) is 0 Å². The number of anilines is 1. The van der Waals surface area contributed by atoms with Crippen LogP contribution in [0.25, 0.3) is 0 Å². The lowest BCUT2D eigenvalue weighted by Crippen LogP contribution is -2.15. The number of alkyl halides is 5. The van der Waals surface area contributed by atoms with Crippen molar-refractivity contribution in [2.75, 3.05) is 12.8 Å². The molecule has 0 saturated carbocycles. The van der Waals surface area contributed by atoms with E-state index in [2.05, 4.69) is 9.72 Å². The van der Waals surface area contributed by atoms with Gasteiger partial charge in [-0.1, -0.05) is 0 Å². The predicted molar refractivity (Wildman–Crippen MR) is 45.2 cm³/mol. The summed E-state index contributed by atoms with van der Waals surface area (Å²) >= 11 is 0. The zero-order valence-electron chi connectivity index (χ0n) is 7.98. The van der Waals surface area contributed by atoms with Gasteiger partial charge in [0.05, 0.1) is 30.1 Å². The first-order valence-electron chi connectivity index (χ1n) is 3.96. The summed E-state index contributed by atoms with van der Waals surface area (Å²) in [6.07, 6.45) is -7.72. The van der Waals surface area contributed by atoms with Gasteiger partial charge in [0.1, 0.15) is 0 Å². The quantitative estimate of drug-likeness (QED) is 0.811. The Hall–Kier alpha value is -1.60. The Balaban J connectivity index is 3.55. The van der Waals surface area contributed by atoms with Crippen molar-refractivity contribution in [3.8, 4) is 5.88 Å². The highest BCUT2D eigenvalue weighted by Crippen LogP contribution is 2.42. The molecule has 0 bridgehead atoms. The maximum atomic E-state index is 12.5. The first-order chi connectivity index (χ1) is 7.29. The van der Waals surface area contributed by atoms with Crippen molar-refractivity contribution in [3.63, 3.8) is 0 Å². The van der Waals surface area contributed by atoms with Gasteiger partial charge in [0.15, 0.2) is 0 Å². The molecule has 0 saturated heterocycles. The molecule has 0 aliphatic carbocycles. The number of methoxy groups -OCH3 is 1. The normalized spacial score (nSPS) is 11.9. The molecule has 1 aromatic rings. The van der Waals surface area contributed by atoms with E-state index in [1.54, 1.807) is 0 Å². The Kier molecular flexibility index (Phi) is 3.20. The molecule has 0 aromatic carbocycles. The van der Waals surface area contributed by atoms with E-state index in [1.807, 2.05) is 0 Å². The van der Waals surface area contributed by atoms with Crippen LogP contribution in [0.4, 0.5) is 27.6 Å². The van der Waals surface area contributed by atoms with Crippen molar-refractivity contribution in [2.45, 2.75) is 12.6 Å². The number of ether oxygens (including phenoxy) is 1. The molecule has 0 radical (unpaired) electrons. The van der Waals surface area contributed by atoms with E-state index in [1.165, 1.54) is 0 Å². The van der Waals surface area contributed by atoms with E-state index in [4.69, 9.17) is 5.73 Å². The van der Waals surface area contributed by atoms with Crippen LogP contribution in [-0.2, 0) is 6.18 Å². The standard InChI is InChI=1S/C8H7F5N2O/c1-16-7-4(6(9)10)5(8(11,12)13)3(14)2-15-7/h2,6H,14H2,1H3. The zero-order chi connectivity index (χ0) is 12.5. The number of nitrogen functional groups attached to an aromatic ring is 1. The van der Waals surface area contributed by atoms with Gasteiger partial charge in [0.25, 0.3) is 6.43 Å². The minimum Gasteiger partial charge on any atom is -0.481 e. The predicted octanol–water partition coefficient (Wildman–Crippen LogP) is 2.63. The van der Waals surface area contributed by atoms with Gasteiger partial charge in [-0.15, -0.1) is 0 Å². The first kappa shape index (κ1) is 12.5. The highest BCUT2D eigenvalue weighted by molar-refractivity contribution is 5.54. The molecular weight excluding hydrogens is 235 g/mol. The molecule has 90 valence electrons. The smallest absolute Gasteiger partial charge is 0.419 e. The number of hydrogen-bond donors (Lipinski definition) is 1. The second kappa shape index (κ2) is 4.11. The van der Waals surface area contributed by atoms with Crippen LogP contribution in [0.2, 0.25) is 0 Å². The third-order valence-corrected chi connectivity index (χ3v) is 1.80. The van der Waals surface area contributed by atoms with Crippen molar-refractivity contribution in [2.24, 2.45) is 0 Å². The minimum atomic E-state index is -4.98. The third-order valence-electron chi connectivity index (χ3n) is 1.80. The monoisotopic (exact) mass is 242 g/mol. The molecule has 0 spiro atoms. The number of nitrogens with zero attached hydrogens (tertiary/aromatic N) is 1. The summed E-state index contributed by atoms with van der Waals surface area (Å²) in [5.74, 6) is -0.781. The molecule has 1 rings (SSSR count). The van der Waals surface area contributed by atoms with Crippen LogP contribution in [0, 0.1) is 0 Å². The average molecular weight is 242 g/mol. The molecular formula is C8H7F5N2O. The van der Waals surface area contributed by atoms with Crippen LogP contribution >= 0.6 is 0 Å². The van der Waals surface area contributed by atoms with Gasteiger partial charge in [-0.3, -0.25) is 0 Å². The SMILES string of the molecule is COc1ncc(N)c(C(F)(F)F)c1C(F)F. The number of rotatable bonds is 2. The summed E-state index contributed by atoms with van der Waals surface area (Å²) in [6.45, 7) is 0. The van der Waals surface area contributed by atoms with Crippen molar-refractivity contribution in [3.05, 3.63) is 17.3 Å². The molecule has 8 heteroatoms. The van der Waals surface area contributed by atoms with Crippen molar-refractivity contribution in [1.29, 1.82) is 0 Å². The van der Waals surface area contributed by atoms with Crippen molar-refractivity contribution >= 4 is 5.69 Å². The van der Waals surface area contributed by atoms with E-state index < -0.39 is 35.3 Å². The highest BCUT2D eigenvalue weighted by atomic mass is 19.4. The summed E-state index contributed by atoms with van der Waals surface area (Å²) in [7, 11) is 0.949. The molecule has 1 heterocycles. The number of nitrogens with two attached hydrogens (primary N) is 1. The maximum absolute atomic E-state index is 12.5. The summed E-state index contributed by atoms with van der Waals surface area (Å²) in [5, 5.41) is 0.